The molecule has 2 aliphatic rings. The molecule has 0 unspecified atom stereocenters. The molecule has 0 radical (unpaired) electrons. The Hall–Kier alpha value is -2.68. The van der Waals surface area contributed by atoms with Gasteiger partial charge in [0.05, 0.1) is 35.5 Å². The van der Waals surface area contributed by atoms with E-state index in [0.29, 0.717) is 34.3 Å². The molecule has 1 aliphatic carbocycles. The first-order chi connectivity index (χ1) is 16.5. The van der Waals surface area contributed by atoms with Gasteiger partial charge < -0.3 is 19.9 Å². The standard InChI is InChI=1S/C25H28ClFN4O3/c1-33-22-12-21-18(25(29-14-28-21)30-20-4-2-3-19(26)24(20)27)11-23(22)34-17-7-5-15(6-8-17)31-10-9-16(32)13-31/h2-4,11-12,14-17,32H,5-10,13H2,1H3,(H,28,29,30)/t15-,16-,17-/m0/s1. The minimum absolute atomic E-state index is 0.0353. The Balaban J connectivity index is 1.36. The first kappa shape index (κ1) is 23.1. The quantitative estimate of drug-likeness (QED) is 0.511. The van der Waals surface area contributed by atoms with Crippen molar-refractivity contribution < 1.29 is 19.0 Å². The Morgan fingerprint density at radius 2 is 1.94 bits per heavy atom. The SMILES string of the molecule is COc1cc2ncnc(Nc3cccc(Cl)c3F)c2cc1O[C@H]1CC[C@H](N2CC[C@H](O)C2)CC1. The van der Waals surface area contributed by atoms with E-state index in [1.165, 1.54) is 12.4 Å². The molecule has 0 spiro atoms. The summed E-state index contributed by atoms with van der Waals surface area (Å²) in [5.74, 6) is 1.12. The third kappa shape index (κ3) is 4.76. The number of fused-ring (bicyclic) bond motifs is 1. The Morgan fingerprint density at radius 1 is 1.12 bits per heavy atom. The van der Waals surface area contributed by atoms with Gasteiger partial charge in [-0.05, 0) is 50.3 Å². The molecule has 0 bridgehead atoms. The lowest BCUT2D eigenvalue weighted by Crippen LogP contribution is -2.39. The molecule has 34 heavy (non-hydrogen) atoms. The smallest absolute Gasteiger partial charge is 0.165 e. The van der Waals surface area contributed by atoms with Gasteiger partial charge in [-0.1, -0.05) is 17.7 Å². The molecule has 2 fully saturated rings. The second-order valence-electron chi connectivity index (χ2n) is 8.95. The van der Waals surface area contributed by atoms with Gasteiger partial charge in [0.2, 0.25) is 0 Å². The van der Waals surface area contributed by atoms with Crippen LogP contribution in [0.2, 0.25) is 5.02 Å². The van der Waals surface area contributed by atoms with E-state index in [9.17, 15) is 9.50 Å². The minimum atomic E-state index is -0.539. The molecule has 180 valence electrons. The van der Waals surface area contributed by atoms with Crippen LogP contribution >= 0.6 is 11.6 Å². The zero-order valence-electron chi connectivity index (χ0n) is 19.0. The maximum absolute atomic E-state index is 14.5. The largest absolute Gasteiger partial charge is 0.493 e. The molecular formula is C25H28ClFN4O3. The number of methoxy groups -OCH3 is 1. The number of hydrogen-bond donors (Lipinski definition) is 2. The van der Waals surface area contributed by atoms with Gasteiger partial charge >= 0.3 is 0 Å². The number of nitrogens with one attached hydrogen (secondary N) is 1. The third-order valence-corrected chi connectivity index (χ3v) is 7.07. The number of anilines is 2. The highest BCUT2D eigenvalue weighted by atomic mass is 35.5. The average molecular weight is 487 g/mol. The molecule has 1 saturated heterocycles. The molecule has 0 amide bonds. The molecule has 1 aliphatic heterocycles. The minimum Gasteiger partial charge on any atom is -0.493 e. The second-order valence-corrected chi connectivity index (χ2v) is 9.36. The lowest BCUT2D eigenvalue weighted by molar-refractivity contribution is 0.0887. The predicted octanol–water partition coefficient (Wildman–Crippen LogP) is 4.93. The zero-order valence-corrected chi connectivity index (χ0v) is 19.8. The monoisotopic (exact) mass is 486 g/mol. The maximum atomic E-state index is 14.5. The molecule has 2 N–H and O–H groups in total. The van der Waals surface area contributed by atoms with Crippen molar-refractivity contribution in [3.05, 3.63) is 47.5 Å². The molecular weight excluding hydrogens is 459 g/mol. The van der Waals surface area contributed by atoms with Gasteiger partial charge in [-0.15, -0.1) is 0 Å². The zero-order chi connectivity index (χ0) is 23.7. The van der Waals surface area contributed by atoms with E-state index in [4.69, 9.17) is 21.1 Å². The first-order valence-corrected chi connectivity index (χ1v) is 12.0. The third-order valence-electron chi connectivity index (χ3n) is 6.77. The summed E-state index contributed by atoms with van der Waals surface area (Å²) >= 11 is 5.93. The van der Waals surface area contributed by atoms with Crippen LogP contribution in [0.15, 0.2) is 36.7 Å². The second kappa shape index (κ2) is 9.90. The highest BCUT2D eigenvalue weighted by Crippen LogP contribution is 2.38. The summed E-state index contributed by atoms with van der Waals surface area (Å²) in [7, 11) is 1.60. The van der Waals surface area contributed by atoms with Crippen molar-refractivity contribution >= 4 is 34.0 Å². The number of aliphatic hydroxyl groups is 1. The number of benzene rings is 2. The number of β-amino-alcohol motifs (C(OH)–C–C–N with tert-alkyl or cyclic N) is 1. The van der Waals surface area contributed by atoms with Crippen LogP contribution in [-0.4, -0.2) is 58.4 Å². The maximum Gasteiger partial charge on any atom is 0.165 e. The highest BCUT2D eigenvalue weighted by Gasteiger charge is 2.31. The van der Waals surface area contributed by atoms with Crippen molar-refractivity contribution in [2.24, 2.45) is 0 Å². The van der Waals surface area contributed by atoms with Crippen molar-refractivity contribution in [3.8, 4) is 11.5 Å². The Kier molecular flexibility index (Phi) is 6.72. The number of hydrogen-bond acceptors (Lipinski definition) is 7. The summed E-state index contributed by atoms with van der Waals surface area (Å²) in [6.07, 6.45) is 6.11. The summed E-state index contributed by atoms with van der Waals surface area (Å²) in [6.45, 7) is 1.75. The Labute approximate surface area is 202 Å². The average Bonchev–Trinajstić information content (AvgIpc) is 3.28. The van der Waals surface area contributed by atoms with Crippen LogP contribution < -0.4 is 14.8 Å². The van der Waals surface area contributed by atoms with E-state index < -0.39 is 5.82 Å². The van der Waals surface area contributed by atoms with Crippen LogP contribution in [0.25, 0.3) is 10.9 Å². The molecule has 2 heterocycles. The highest BCUT2D eigenvalue weighted by molar-refractivity contribution is 6.31. The van der Waals surface area contributed by atoms with Crippen LogP contribution in [0.1, 0.15) is 32.1 Å². The van der Waals surface area contributed by atoms with E-state index in [2.05, 4.69) is 20.2 Å². The molecule has 2 aromatic carbocycles. The van der Waals surface area contributed by atoms with Gasteiger partial charge in [0.1, 0.15) is 12.1 Å². The first-order valence-electron chi connectivity index (χ1n) is 11.6. The normalized spacial score (nSPS) is 23.2. The van der Waals surface area contributed by atoms with E-state index in [1.807, 2.05) is 12.1 Å². The van der Waals surface area contributed by atoms with Gasteiger partial charge in [0, 0.05) is 30.6 Å². The van der Waals surface area contributed by atoms with Gasteiger partial charge in [-0.2, -0.15) is 0 Å². The number of aromatic nitrogens is 2. The predicted molar refractivity (Wildman–Crippen MR) is 130 cm³/mol. The number of nitrogens with zero attached hydrogens (tertiary/aromatic N) is 3. The van der Waals surface area contributed by atoms with Crippen molar-refractivity contribution in [2.45, 2.75) is 50.4 Å². The van der Waals surface area contributed by atoms with Crippen LogP contribution in [0.5, 0.6) is 11.5 Å². The van der Waals surface area contributed by atoms with E-state index in [0.717, 1.165) is 45.2 Å². The van der Waals surface area contributed by atoms with Crippen molar-refractivity contribution in [1.29, 1.82) is 0 Å². The van der Waals surface area contributed by atoms with E-state index in [1.54, 1.807) is 19.2 Å². The molecule has 1 atom stereocenters. The number of rotatable bonds is 6. The van der Waals surface area contributed by atoms with E-state index >= 15 is 0 Å². The van der Waals surface area contributed by atoms with Crippen LogP contribution in [0, 0.1) is 5.82 Å². The van der Waals surface area contributed by atoms with E-state index in [-0.39, 0.29) is 22.9 Å². The topological polar surface area (TPSA) is 79.7 Å². The number of halogens is 2. The number of aliphatic hydroxyl groups excluding tert-OH is 1. The summed E-state index contributed by atoms with van der Waals surface area (Å²) in [5, 5.41) is 13.6. The molecule has 1 aromatic heterocycles. The number of ether oxygens (including phenoxy) is 2. The Bertz CT molecular complexity index is 1170. The summed E-state index contributed by atoms with van der Waals surface area (Å²) in [6, 6.07) is 8.94. The van der Waals surface area contributed by atoms with Gasteiger partial charge in [-0.25, -0.2) is 14.4 Å². The van der Waals surface area contributed by atoms with Crippen LogP contribution in [0.4, 0.5) is 15.9 Å². The van der Waals surface area contributed by atoms with Gasteiger partial charge in [-0.3, -0.25) is 4.90 Å². The molecule has 9 heteroatoms. The summed E-state index contributed by atoms with van der Waals surface area (Å²) in [4.78, 5) is 11.1. The number of likely N-dealkylation sites (tertiary alicyclic amines) is 1. The lowest BCUT2D eigenvalue weighted by Gasteiger charge is -2.34. The van der Waals surface area contributed by atoms with Crippen LogP contribution in [-0.2, 0) is 0 Å². The van der Waals surface area contributed by atoms with Gasteiger partial charge in [0.15, 0.2) is 17.3 Å². The molecule has 1 saturated carbocycles. The fourth-order valence-corrected chi connectivity index (χ4v) is 5.13. The van der Waals surface area contributed by atoms with Crippen molar-refractivity contribution in [1.82, 2.24) is 14.9 Å². The Morgan fingerprint density at radius 3 is 2.68 bits per heavy atom. The van der Waals surface area contributed by atoms with Crippen molar-refractivity contribution in [2.75, 3.05) is 25.5 Å². The van der Waals surface area contributed by atoms with Gasteiger partial charge in [0.25, 0.3) is 0 Å². The summed E-state index contributed by atoms with van der Waals surface area (Å²) in [5.41, 5.74) is 0.886. The van der Waals surface area contributed by atoms with Crippen LogP contribution in [0.3, 0.4) is 0 Å². The van der Waals surface area contributed by atoms with Crippen molar-refractivity contribution in [3.63, 3.8) is 0 Å². The fourth-order valence-electron chi connectivity index (χ4n) is 4.95. The molecule has 5 rings (SSSR count). The summed E-state index contributed by atoms with van der Waals surface area (Å²) < 4.78 is 26.4. The molecule has 3 aromatic rings. The lowest BCUT2D eigenvalue weighted by atomic mass is 9.92. The fraction of sp³-hybridized carbons (Fsp3) is 0.440. The molecule has 7 nitrogen and oxygen atoms in total.